The Kier molecular flexibility index (Phi) is 4.94. The number of halogens is 1. The predicted molar refractivity (Wildman–Crippen MR) is 117 cm³/mol. The van der Waals surface area contributed by atoms with E-state index >= 15 is 0 Å². The average Bonchev–Trinajstić information content (AvgIpc) is 3.05. The van der Waals surface area contributed by atoms with Crippen LogP contribution in [0.15, 0.2) is 36.7 Å². The van der Waals surface area contributed by atoms with E-state index in [1.807, 2.05) is 6.07 Å². The van der Waals surface area contributed by atoms with Gasteiger partial charge in [-0.2, -0.15) is 5.26 Å². The van der Waals surface area contributed by atoms with Gasteiger partial charge >= 0.3 is 0 Å². The molecule has 0 aliphatic heterocycles. The van der Waals surface area contributed by atoms with Crippen molar-refractivity contribution in [1.82, 2.24) is 19.7 Å². The molecule has 160 valence electrons. The van der Waals surface area contributed by atoms with Crippen molar-refractivity contribution in [3.63, 3.8) is 0 Å². The zero-order valence-electron chi connectivity index (χ0n) is 18.1. The number of aromatic nitrogens is 3. The molecule has 31 heavy (non-hydrogen) atoms. The fourth-order valence-electron chi connectivity index (χ4n) is 5.07. The summed E-state index contributed by atoms with van der Waals surface area (Å²) in [4.78, 5) is 21.8. The van der Waals surface area contributed by atoms with Crippen molar-refractivity contribution < 1.29 is 9.53 Å². The van der Waals surface area contributed by atoms with Crippen LogP contribution in [0.3, 0.4) is 0 Å². The predicted octanol–water partition coefficient (Wildman–Crippen LogP) is 4.17. The molecule has 8 heteroatoms. The molecule has 0 saturated heterocycles. The Morgan fingerprint density at radius 3 is 2.65 bits per heavy atom. The molecule has 0 atom stereocenters. The van der Waals surface area contributed by atoms with Crippen LogP contribution in [0.4, 0.5) is 0 Å². The van der Waals surface area contributed by atoms with E-state index in [-0.39, 0.29) is 28.9 Å². The third-order valence-electron chi connectivity index (χ3n) is 6.22. The van der Waals surface area contributed by atoms with Gasteiger partial charge in [0.1, 0.15) is 23.6 Å². The smallest absolute Gasteiger partial charge is 0.270 e. The minimum absolute atomic E-state index is 0.132. The minimum atomic E-state index is -0.341. The molecule has 4 rings (SSSR count). The summed E-state index contributed by atoms with van der Waals surface area (Å²) in [6.45, 7) is 10.1. The summed E-state index contributed by atoms with van der Waals surface area (Å²) in [5.41, 5.74) is 0.839. The number of amides is 1. The SMILES string of the molecule is Cc1nc2ncccn2c1C(=O)NC1C(C)(C)C(Oc2ccc(C#N)c(Cl)c2)C1(C)C. The zero-order chi connectivity index (χ0) is 22.6. The monoisotopic (exact) mass is 437 g/mol. The van der Waals surface area contributed by atoms with Crippen molar-refractivity contribution in [3.05, 3.63) is 58.6 Å². The molecule has 1 N–H and O–H groups in total. The van der Waals surface area contributed by atoms with Crippen LogP contribution in [0.25, 0.3) is 5.78 Å². The van der Waals surface area contributed by atoms with Gasteiger partial charge in [0.25, 0.3) is 5.91 Å². The van der Waals surface area contributed by atoms with Crippen LogP contribution in [-0.2, 0) is 0 Å². The Morgan fingerprint density at radius 1 is 1.29 bits per heavy atom. The van der Waals surface area contributed by atoms with Gasteiger partial charge in [-0.3, -0.25) is 9.20 Å². The molecule has 1 fully saturated rings. The van der Waals surface area contributed by atoms with E-state index in [1.165, 1.54) is 0 Å². The Balaban J connectivity index is 1.56. The Hall–Kier alpha value is -3.11. The lowest BCUT2D eigenvalue weighted by Crippen LogP contribution is -2.74. The fraction of sp³-hybridized carbons (Fsp3) is 0.391. The first kappa shape index (κ1) is 21.1. The number of ether oxygens (including phenoxy) is 1. The topological polar surface area (TPSA) is 92.3 Å². The number of imidazole rings is 1. The lowest BCUT2D eigenvalue weighted by atomic mass is 9.49. The van der Waals surface area contributed by atoms with E-state index in [2.05, 4.69) is 43.0 Å². The van der Waals surface area contributed by atoms with E-state index in [0.717, 1.165) is 0 Å². The molecule has 0 spiro atoms. The summed E-state index contributed by atoms with van der Waals surface area (Å²) in [5.74, 6) is 0.906. The summed E-state index contributed by atoms with van der Waals surface area (Å²) in [5, 5.41) is 12.6. The second-order valence-electron chi connectivity index (χ2n) is 9.14. The molecule has 1 amide bonds. The Morgan fingerprint density at radius 2 is 2.00 bits per heavy atom. The van der Waals surface area contributed by atoms with Crippen LogP contribution in [0.5, 0.6) is 5.75 Å². The van der Waals surface area contributed by atoms with E-state index in [1.54, 1.807) is 48.0 Å². The van der Waals surface area contributed by atoms with Crippen LogP contribution in [0, 0.1) is 29.1 Å². The molecule has 3 aromatic rings. The van der Waals surface area contributed by atoms with Gasteiger partial charge in [0.05, 0.1) is 16.3 Å². The van der Waals surface area contributed by atoms with Gasteiger partial charge in [-0.15, -0.1) is 0 Å². The molecule has 7 nitrogen and oxygen atoms in total. The summed E-state index contributed by atoms with van der Waals surface area (Å²) in [6.07, 6.45) is 3.27. The van der Waals surface area contributed by atoms with E-state index < -0.39 is 0 Å². The highest BCUT2D eigenvalue weighted by Gasteiger charge is 2.64. The number of nitrogens with zero attached hydrogens (tertiary/aromatic N) is 4. The third kappa shape index (κ3) is 3.31. The molecule has 1 aromatic carbocycles. The number of hydrogen-bond acceptors (Lipinski definition) is 5. The summed E-state index contributed by atoms with van der Waals surface area (Å²) >= 11 is 6.16. The lowest BCUT2D eigenvalue weighted by molar-refractivity contribution is -0.164. The Labute approximate surface area is 186 Å². The maximum absolute atomic E-state index is 13.2. The maximum Gasteiger partial charge on any atom is 0.270 e. The van der Waals surface area contributed by atoms with Crippen molar-refractivity contribution in [2.75, 3.05) is 0 Å². The maximum atomic E-state index is 13.2. The van der Waals surface area contributed by atoms with Gasteiger partial charge in [0, 0.05) is 35.3 Å². The van der Waals surface area contributed by atoms with E-state index in [0.29, 0.717) is 33.5 Å². The standard InChI is InChI=1S/C23H24ClN5O2/c1-13-17(29-10-6-9-26-21(29)27-13)18(30)28-19-22(2,3)20(23(19,4)5)31-15-8-7-14(12-25)16(24)11-15/h6-11,19-20H,1-5H3,(H,28,30). The molecule has 2 aromatic heterocycles. The van der Waals surface area contributed by atoms with Crippen LogP contribution < -0.4 is 10.1 Å². The first-order valence-corrected chi connectivity index (χ1v) is 10.4. The quantitative estimate of drug-likeness (QED) is 0.661. The van der Waals surface area contributed by atoms with Gasteiger partial charge in [-0.05, 0) is 25.1 Å². The summed E-state index contributed by atoms with van der Waals surface area (Å²) in [7, 11) is 0. The van der Waals surface area contributed by atoms with Crippen molar-refractivity contribution in [2.24, 2.45) is 10.8 Å². The first-order chi connectivity index (χ1) is 14.6. The van der Waals surface area contributed by atoms with Crippen LogP contribution in [-0.4, -0.2) is 32.4 Å². The highest BCUT2D eigenvalue weighted by Crippen LogP contribution is 2.55. The van der Waals surface area contributed by atoms with Crippen LogP contribution in [0.1, 0.15) is 49.4 Å². The van der Waals surface area contributed by atoms with Gasteiger partial charge in [0.15, 0.2) is 0 Å². The first-order valence-electron chi connectivity index (χ1n) is 10.0. The van der Waals surface area contributed by atoms with Crippen LogP contribution >= 0.6 is 11.6 Å². The molecule has 0 unspecified atom stereocenters. The molecule has 1 saturated carbocycles. The number of hydrogen-bond donors (Lipinski definition) is 1. The second kappa shape index (κ2) is 7.24. The molecule has 1 aliphatic carbocycles. The molecule has 0 bridgehead atoms. The highest BCUT2D eigenvalue weighted by molar-refractivity contribution is 6.31. The molecule has 0 radical (unpaired) electrons. The normalized spacial score (nSPS) is 21.2. The molecular formula is C23H24ClN5O2. The van der Waals surface area contributed by atoms with Crippen molar-refractivity contribution in [3.8, 4) is 11.8 Å². The molecule has 1 aliphatic rings. The number of rotatable bonds is 4. The summed E-state index contributed by atoms with van der Waals surface area (Å²) < 4.78 is 7.99. The molecular weight excluding hydrogens is 414 g/mol. The van der Waals surface area contributed by atoms with Gasteiger partial charge in [-0.1, -0.05) is 39.3 Å². The average molecular weight is 438 g/mol. The number of benzene rings is 1. The Bertz CT molecular complexity index is 1210. The van der Waals surface area contributed by atoms with Crippen molar-refractivity contribution in [2.45, 2.75) is 46.8 Å². The molecule has 2 heterocycles. The number of nitrogens with one attached hydrogen (secondary N) is 1. The number of fused-ring (bicyclic) bond motifs is 1. The zero-order valence-corrected chi connectivity index (χ0v) is 18.9. The number of aryl methyl sites for hydroxylation is 1. The lowest BCUT2D eigenvalue weighted by Gasteiger charge is -2.63. The fourth-order valence-corrected chi connectivity index (χ4v) is 5.28. The van der Waals surface area contributed by atoms with Crippen molar-refractivity contribution in [1.29, 1.82) is 5.26 Å². The van der Waals surface area contributed by atoms with E-state index in [4.69, 9.17) is 21.6 Å². The third-order valence-corrected chi connectivity index (χ3v) is 6.54. The largest absolute Gasteiger partial charge is 0.489 e. The highest BCUT2D eigenvalue weighted by atomic mass is 35.5. The summed E-state index contributed by atoms with van der Waals surface area (Å²) in [6, 6.07) is 8.75. The van der Waals surface area contributed by atoms with Gasteiger partial charge < -0.3 is 10.1 Å². The number of nitriles is 1. The van der Waals surface area contributed by atoms with Crippen LogP contribution in [0.2, 0.25) is 5.02 Å². The minimum Gasteiger partial charge on any atom is -0.489 e. The number of carbonyl (C=O) groups excluding carboxylic acids is 1. The van der Waals surface area contributed by atoms with E-state index in [9.17, 15) is 4.79 Å². The van der Waals surface area contributed by atoms with Crippen molar-refractivity contribution >= 4 is 23.3 Å². The van der Waals surface area contributed by atoms with Gasteiger partial charge in [0.2, 0.25) is 5.78 Å². The second-order valence-corrected chi connectivity index (χ2v) is 9.54. The van der Waals surface area contributed by atoms with Gasteiger partial charge in [-0.25, -0.2) is 9.97 Å². The number of carbonyl (C=O) groups is 1.